The largest absolute Gasteiger partial charge is 0.509 e. The average molecular weight is 272 g/mol. The Hall–Kier alpha value is -1.50. The van der Waals surface area contributed by atoms with E-state index in [0.29, 0.717) is 13.2 Å². The van der Waals surface area contributed by atoms with Gasteiger partial charge in [0.15, 0.2) is 0 Å². The topological polar surface area (TPSA) is 38.3 Å². The molecular weight excluding hydrogens is 258 g/mol. The Morgan fingerprint density at radius 3 is 2.53 bits per heavy atom. The summed E-state index contributed by atoms with van der Waals surface area (Å²) in [7, 11) is 0. The molecule has 19 heavy (non-hydrogen) atoms. The van der Waals surface area contributed by atoms with Crippen LogP contribution in [-0.2, 0) is 4.74 Å². The zero-order valence-electron chi connectivity index (χ0n) is 10.2. The zero-order valence-corrected chi connectivity index (χ0v) is 10.2. The van der Waals surface area contributed by atoms with Crippen LogP contribution in [0.5, 0.6) is 0 Å². The van der Waals surface area contributed by atoms with Crippen molar-refractivity contribution < 1.29 is 22.5 Å². The standard InChI is InChI=1S/C12H14BF3NO2/c14-13(15,16)10-5-3-9(4-6-10)12(18)17-8-11-2-1-7-19-11/h3-6,11H,1-2,7-8H2,(H,17,18)/q-1. The molecule has 1 unspecified atom stereocenters. The third-order valence-electron chi connectivity index (χ3n) is 3.07. The van der Waals surface area contributed by atoms with E-state index in [1.165, 1.54) is 12.1 Å². The van der Waals surface area contributed by atoms with Gasteiger partial charge >= 0.3 is 6.98 Å². The minimum absolute atomic E-state index is 0.0155. The molecule has 1 heterocycles. The second kappa shape index (κ2) is 5.65. The summed E-state index contributed by atoms with van der Waals surface area (Å²) in [5.74, 6) is -0.378. The van der Waals surface area contributed by atoms with E-state index in [9.17, 15) is 17.7 Å². The van der Waals surface area contributed by atoms with Gasteiger partial charge in [0.2, 0.25) is 0 Å². The van der Waals surface area contributed by atoms with Gasteiger partial charge in [0, 0.05) is 18.7 Å². The Balaban J connectivity index is 1.92. The summed E-state index contributed by atoms with van der Waals surface area (Å²) >= 11 is 0. The highest BCUT2D eigenvalue weighted by Crippen LogP contribution is 2.12. The van der Waals surface area contributed by atoms with E-state index in [-0.39, 0.29) is 17.6 Å². The molecule has 0 radical (unpaired) electrons. The van der Waals surface area contributed by atoms with Crippen molar-refractivity contribution in [3.05, 3.63) is 29.8 Å². The molecule has 0 spiro atoms. The van der Waals surface area contributed by atoms with Gasteiger partial charge in [-0.1, -0.05) is 24.3 Å². The van der Waals surface area contributed by atoms with Crippen LogP contribution in [0.4, 0.5) is 12.9 Å². The SMILES string of the molecule is O=C(NCC1CCCO1)c1ccc([B-](F)(F)F)cc1. The van der Waals surface area contributed by atoms with Gasteiger partial charge in [-0.15, -0.1) is 5.46 Å². The average Bonchev–Trinajstić information content (AvgIpc) is 2.88. The number of benzene rings is 1. The van der Waals surface area contributed by atoms with Crippen LogP contribution in [0.15, 0.2) is 24.3 Å². The highest BCUT2D eigenvalue weighted by atomic mass is 19.4. The Morgan fingerprint density at radius 2 is 2.00 bits per heavy atom. The lowest BCUT2D eigenvalue weighted by molar-refractivity contribution is 0.0858. The number of ether oxygens (including phenoxy) is 1. The lowest BCUT2D eigenvalue weighted by Gasteiger charge is -2.15. The van der Waals surface area contributed by atoms with E-state index in [1.807, 2.05) is 0 Å². The fraction of sp³-hybridized carbons (Fsp3) is 0.417. The molecule has 1 fully saturated rings. The van der Waals surface area contributed by atoms with Crippen molar-refractivity contribution in [2.75, 3.05) is 13.2 Å². The molecule has 1 aromatic rings. The van der Waals surface area contributed by atoms with Gasteiger partial charge in [-0.2, -0.15) is 0 Å². The summed E-state index contributed by atoms with van der Waals surface area (Å²) in [6.45, 7) is -3.92. The summed E-state index contributed by atoms with van der Waals surface area (Å²) in [5, 5.41) is 2.66. The zero-order chi connectivity index (χ0) is 13.9. The van der Waals surface area contributed by atoms with Crippen LogP contribution in [0.1, 0.15) is 23.2 Å². The summed E-state index contributed by atoms with van der Waals surface area (Å²) in [6, 6.07) is 4.24. The normalized spacial score (nSPS) is 19.4. The second-order valence-corrected chi connectivity index (χ2v) is 4.54. The highest BCUT2D eigenvalue weighted by Gasteiger charge is 2.25. The molecule has 2 rings (SSSR count). The van der Waals surface area contributed by atoms with E-state index in [0.717, 1.165) is 25.0 Å². The fourth-order valence-corrected chi connectivity index (χ4v) is 1.97. The van der Waals surface area contributed by atoms with Gasteiger partial charge in [-0.05, 0) is 12.8 Å². The molecule has 7 heteroatoms. The molecule has 3 nitrogen and oxygen atoms in total. The number of rotatable bonds is 4. The third kappa shape index (κ3) is 3.73. The molecule has 1 saturated heterocycles. The van der Waals surface area contributed by atoms with Crippen molar-refractivity contribution in [2.45, 2.75) is 18.9 Å². The number of hydrogen-bond donors (Lipinski definition) is 1. The first kappa shape index (κ1) is 13.9. The number of amides is 1. The predicted molar refractivity (Wildman–Crippen MR) is 66.5 cm³/mol. The van der Waals surface area contributed by atoms with Crippen molar-refractivity contribution in [3.8, 4) is 0 Å². The molecular formula is C12H14BF3NO2-. The number of hydrogen-bond acceptors (Lipinski definition) is 2. The maximum atomic E-state index is 12.4. The first-order valence-corrected chi connectivity index (χ1v) is 6.16. The van der Waals surface area contributed by atoms with Gasteiger partial charge in [0.25, 0.3) is 5.91 Å². The van der Waals surface area contributed by atoms with E-state index < -0.39 is 12.4 Å². The third-order valence-corrected chi connectivity index (χ3v) is 3.07. The van der Waals surface area contributed by atoms with Crippen LogP contribution in [0.25, 0.3) is 0 Å². The number of halogens is 3. The molecule has 1 atom stereocenters. The molecule has 0 aromatic heterocycles. The Labute approximate surface area is 109 Å². The van der Waals surface area contributed by atoms with E-state index in [1.54, 1.807) is 0 Å². The van der Waals surface area contributed by atoms with Gasteiger partial charge in [-0.3, -0.25) is 4.79 Å². The van der Waals surface area contributed by atoms with Gasteiger partial charge in [0.1, 0.15) is 0 Å². The summed E-state index contributed by atoms with van der Waals surface area (Å²) in [4.78, 5) is 11.7. The molecule has 104 valence electrons. The minimum Gasteiger partial charge on any atom is -0.445 e. The Bertz CT molecular complexity index is 441. The van der Waals surface area contributed by atoms with Crippen LogP contribution in [0.2, 0.25) is 0 Å². The Morgan fingerprint density at radius 1 is 1.32 bits per heavy atom. The lowest BCUT2D eigenvalue weighted by atomic mass is 9.80. The maximum absolute atomic E-state index is 12.4. The number of carbonyl (C=O) groups is 1. The van der Waals surface area contributed by atoms with Gasteiger partial charge < -0.3 is 23.0 Å². The Kier molecular flexibility index (Phi) is 4.14. The van der Waals surface area contributed by atoms with Crippen LogP contribution in [0, 0.1) is 0 Å². The first-order chi connectivity index (χ1) is 8.97. The van der Waals surface area contributed by atoms with Crippen molar-refractivity contribution in [1.82, 2.24) is 5.32 Å². The fourth-order valence-electron chi connectivity index (χ4n) is 1.97. The second-order valence-electron chi connectivity index (χ2n) is 4.54. The van der Waals surface area contributed by atoms with Crippen LogP contribution in [0.3, 0.4) is 0 Å². The summed E-state index contributed by atoms with van der Waals surface area (Å²) in [5.41, 5.74) is -0.475. The van der Waals surface area contributed by atoms with E-state index in [4.69, 9.17) is 4.74 Å². The first-order valence-electron chi connectivity index (χ1n) is 6.16. The maximum Gasteiger partial charge on any atom is 0.509 e. The molecule has 1 aromatic carbocycles. The monoisotopic (exact) mass is 272 g/mol. The molecule has 1 N–H and O–H groups in total. The molecule has 1 aliphatic rings. The van der Waals surface area contributed by atoms with Gasteiger partial charge in [-0.25, -0.2) is 0 Å². The quantitative estimate of drug-likeness (QED) is 0.846. The summed E-state index contributed by atoms with van der Waals surface area (Å²) in [6.07, 6.45) is 1.89. The number of nitrogens with one attached hydrogen (secondary N) is 1. The minimum atomic E-state index is -5.01. The lowest BCUT2D eigenvalue weighted by Crippen LogP contribution is -2.35. The van der Waals surface area contributed by atoms with E-state index >= 15 is 0 Å². The highest BCUT2D eigenvalue weighted by molar-refractivity contribution is 6.73. The van der Waals surface area contributed by atoms with Crippen molar-refractivity contribution in [1.29, 1.82) is 0 Å². The van der Waals surface area contributed by atoms with Crippen molar-refractivity contribution >= 4 is 18.3 Å². The van der Waals surface area contributed by atoms with Crippen molar-refractivity contribution in [2.24, 2.45) is 0 Å². The molecule has 0 bridgehead atoms. The number of carbonyl (C=O) groups excluding carboxylic acids is 1. The summed E-state index contributed by atoms with van der Waals surface area (Å²) < 4.78 is 42.6. The van der Waals surface area contributed by atoms with Crippen LogP contribution < -0.4 is 10.8 Å². The molecule has 1 amide bonds. The van der Waals surface area contributed by atoms with Gasteiger partial charge in [0.05, 0.1) is 6.10 Å². The van der Waals surface area contributed by atoms with Crippen LogP contribution in [-0.4, -0.2) is 32.1 Å². The molecule has 0 saturated carbocycles. The smallest absolute Gasteiger partial charge is 0.445 e. The van der Waals surface area contributed by atoms with E-state index in [2.05, 4.69) is 5.32 Å². The van der Waals surface area contributed by atoms with Crippen LogP contribution >= 0.6 is 0 Å². The van der Waals surface area contributed by atoms with Crippen molar-refractivity contribution in [3.63, 3.8) is 0 Å². The molecule has 0 aliphatic carbocycles. The molecule has 1 aliphatic heterocycles. The predicted octanol–water partition coefficient (Wildman–Crippen LogP) is 1.65.